The van der Waals surface area contributed by atoms with E-state index in [9.17, 15) is 14.4 Å². The van der Waals surface area contributed by atoms with Crippen LogP contribution in [0.3, 0.4) is 0 Å². The number of hydrogen-bond acceptors (Lipinski definition) is 7. The molecule has 0 aromatic rings. The molecule has 0 unspecified atom stereocenters. The molecule has 9 heteroatoms. The van der Waals surface area contributed by atoms with Gasteiger partial charge in [0.15, 0.2) is 5.12 Å². The zero-order valence-corrected chi connectivity index (χ0v) is 16.0. The number of amidine groups is 1. The molecular formula is C17H26N4O4S. The number of rotatable bonds is 5. The highest BCUT2D eigenvalue weighted by Crippen LogP contribution is 2.29. The van der Waals surface area contributed by atoms with E-state index in [-0.39, 0.29) is 40.8 Å². The molecule has 0 aliphatic carbocycles. The maximum Gasteiger partial charge on any atom is 0.373 e. The van der Waals surface area contributed by atoms with E-state index in [1.54, 1.807) is 11.8 Å². The Morgan fingerprint density at radius 3 is 2.77 bits per heavy atom. The fraction of sp³-hybridized carbons (Fsp3) is 0.647. The minimum Gasteiger partial charge on any atom is -0.456 e. The van der Waals surface area contributed by atoms with Crippen LogP contribution in [0.25, 0.3) is 0 Å². The van der Waals surface area contributed by atoms with Crippen LogP contribution in [-0.4, -0.2) is 83.2 Å². The topological polar surface area (TPSA) is 105 Å². The van der Waals surface area contributed by atoms with E-state index in [2.05, 4.69) is 11.6 Å². The average Bonchev–Trinajstić information content (AvgIpc) is 3.18. The monoisotopic (exact) mass is 382 g/mol. The van der Waals surface area contributed by atoms with E-state index in [1.165, 1.54) is 17.8 Å². The van der Waals surface area contributed by atoms with Gasteiger partial charge in [0.05, 0.1) is 12.1 Å². The summed E-state index contributed by atoms with van der Waals surface area (Å²) in [7, 11) is 1.91. The lowest BCUT2D eigenvalue weighted by Crippen LogP contribution is -2.43. The number of carbonyl (C=O) groups is 3. The van der Waals surface area contributed by atoms with Crippen molar-refractivity contribution in [2.24, 2.45) is 10.7 Å². The second-order valence-electron chi connectivity index (χ2n) is 6.55. The number of thioether (sulfide) groups is 1. The van der Waals surface area contributed by atoms with Crippen molar-refractivity contribution in [2.45, 2.75) is 37.1 Å². The molecule has 2 heterocycles. The molecule has 3 atom stereocenters. The van der Waals surface area contributed by atoms with Crippen molar-refractivity contribution in [2.75, 3.05) is 33.3 Å². The van der Waals surface area contributed by atoms with Gasteiger partial charge in [-0.25, -0.2) is 4.79 Å². The predicted molar refractivity (Wildman–Crippen MR) is 101 cm³/mol. The van der Waals surface area contributed by atoms with Crippen LogP contribution in [0.4, 0.5) is 0 Å². The number of likely N-dealkylation sites (N-methyl/N-ethyl adjacent to an activating group) is 1. The third kappa shape index (κ3) is 5.31. The molecule has 2 saturated heterocycles. The molecule has 0 saturated carbocycles. The van der Waals surface area contributed by atoms with Crippen molar-refractivity contribution in [1.82, 2.24) is 9.80 Å². The van der Waals surface area contributed by atoms with Gasteiger partial charge in [-0.3, -0.25) is 19.5 Å². The van der Waals surface area contributed by atoms with E-state index < -0.39 is 5.97 Å². The molecule has 2 N–H and O–H groups in total. The number of nitrogens with two attached hydrogens (primary N) is 1. The highest BCUT2D eigenvalue weighted by atomic mass is 32.2. The van der Waals surface area contributed by atoms with Gasteiger partial charge < -0.3 is 15.4 Å². The standard InChI is InChI=1S/C17H26N4O4S/c1-4-7-25-17(24)15(18)19-12-5-6-21(9-12)16(23)14-8-13(10-20(14)3)26-11(2)22/h4,12-14H,1,5-10H2,2-3H3,(H2,18,19)/t12-,13+,14+/m1/s1. The lowest BCUT2D eigenvalue weighted by atomic mass is 10.2. The Labute approximate surface area is 157 Å². The number of amides is 1. The number of nitrogens with zero attached hydrogens (tertiary/aromatic N) is 3. The normalized spacial score (nSPS) is 26.8. The van der Waals surface area contributed by atoms with Crippen LogP contribution < -0.4 is 5.73 Å². The Balaban J connectivity index is 1.89. The minimum atomic E-state index is -0.672. The molecule has 1 amide bonds. The fourth-order valence-corrected chi connectivity index (χ4v) is 4.34. The second kappa shape index (κ2) is 9.18. The first-order valence-corrected chi connectivity index (χ1v) is 9.47. The molecule has 144 valence electrons. The van der Waals surface area contributed by atoms with Crippen LogP contribution in [0.15, 0.2) is 17.6 Å². The zero-order chi connectivity index (χ0) is 19.3. The quantitative estimate of drug-likeness (QED) is 0.309. The van der Waals surface area contributed by atoms with Crippen LogP contribution in [0.5, 0.6) is 0 Å². The second-order valence-corrected chi connectivity index (χ2v) is 8.03. The molecule has 8 nitrogen and oxygen atoms in total. The van der Waals surface area contributed by atoms with E-state index in [0.717, 1.165) is 6.54 Å². The Kier molecular flexibility index (Phi) is 7.22. The van der Waals surface area contributed by atoms with Crippen LogP contribution in [-0.2, 0) is 19.1 Å². The van der Waals surface area contributed by atoms with Crippen LogP contribution in [0.1, 0.15) is 19.8 Å². The van der Waals surface area contributed by atoms with Crippen molar-refractivity contribution < 1.29 is 19.1 Å². The molecular weight excluding hydrogens is 356 g/mol. The third-order valence-corrected chi connectivity index (χ3v) is 5.47. The summed E-state index contributed by atoms with van der Waals surface area (Å²) < 4.78 is 4.85. The summed E-state index contributed by atoms with van der Waals surface area (Å²) in [5, 5.41) is 0.226. The summed E-state index contributed by atoms with van der Waals surface area (Å²) in [6.45, 7) is 6.83. The first-order valence-electron chi connectivity index (χ1n) is 8.59. The molecule has 0 aromatic carbocycles. The van der Waals surface area contributed by atoms with Crippen molar-refractivity contribution in [3.8, 4) is 0 Å². The SMILES string of the molecule is C=CCOC(=O)C(N)=N[C@@H]1CCN(C(=O)[C@@H]2C[C@H](SC(C)=O)CN2C)C1. The van der Waals surface area contributed by atoms with Crippen molar-refractivity contribution in [1.29, 1.82) is 0 Å². The summed E-state index contributed by atoms with van der Waals surface area (Å²) in [5.74, 6) is -0.805. The van der Waals surface area contributed by atoms with Crippen LogP contribution in [0, 0.1) is 0 Å². The van der Waals surface area contributed by atoms with E-state index in [0.29, 0.717) is 25.9 Å². The number of carbonyl (C=O) groups excluding carboxylic acids is 3. The molecule has 0 bridgehead atoms. The first kappa shape index (κ1) is 20.4. The van der Waals surface area contributed by atoms with Gasteiger partial charge in [0, 0.05) is 31.8 Å². The summed E-state index contributed by atoms with van der Waals surface area (Å²) in [4.78, 5) is 43.7. The van der Waals surface area contributed by atoms with Gasteiger partial charge >= 0.3 is 5.97 Å². The number of likely N-dealkylation sites (tertiary alicyclic amines) is 2. The molecule has 2 aliphatic rings. The van der Waals surface area contributed by atoms with Gasteiger partial charge in [-0.15, -0.1) is 0 Å². The van der Waals surface area contributed by atoms with Crippen molar-refractivity contribution >= 4 is 34.6 Å². The smallest absolute Gasteiger partial charge is 0.373 e. The van der Waals surface area contributed by atoms with E-state index in [4.69, 9.17) is 10.5 Å². The molecule has 2 fully saturated rings. The Bertz CT molecular complexity index is 610. The van der Waals surface area contributed by atoms with Gasteiger partial charge in [-0.05, 0) is 19.9 Å². The van der Waals surface area contributed by atoms with Gasteiger partial charge in [0.25, 0.3) is 0 Å². The maximum atomic E-state index is 12.8. The lowest BCUT2D eigenvalue weighted by Gasteiger charge is -2.24. The summed E-state index contributed by atoms with van der Waals surface area (Å²) in [6, 6.07) is -0.422. The molecule has 2 rings (SSSR count). The average molecular weight is 382 g/mol. The van der Waals surface area contributed by atoms with Gasteiger partial charge in [0.2, 0.25) is 11.7 Å². The van der Waals surface area contributed by atoms with Crippen LogP contribution in [0.2, 0.25) is 0 Å². The summed E-state index contributed by atoms with van der Waals surface area (Å²) in [5.41, 5.74) is 5.66. The lowest BCUT2D eigenvalue weighted by molar-refractivity contribution is -0.135. The summed E-state index contributed by atoms with van der Waals surface area (Å²) >= 11 is 1.30. The fourth-order valence-electron chi connectivity index (χ4n) is 3.28. The third-order valence-electron chi connectivity index (χ3n) is 4.47. The molecule has 0 radical (unpaired) electrons. The minimum absolute atomic E-state index is 0.0460. The number of hydrogen-bond donors (Lipinski definition) is 1. The Morgan fingerprint density at radius 2 is 2.12 bits per heavy atom. The van der Waals surface area contributed by atoms with E-state index in [1.807, 2.05) is 11.9 Å². The van der Waals surface area contributed by atoms with Crippen molar-refractivity contribution in [3.63, 3.8) is 0 Å². The van der Waals surface area contributed by atoms with Gasteiger partial charge in [-0.2, -0.15) is 0 Å². The Hall–Kier alpha value is -1.87. The first-order chi connectivity index (χ1) is 12.3. The molecule has 26 heavy (non-hydrogen) atoms. The summed E-state index contributed by atoms with van der Waals surface area (Å²) in [6.07, 6.45) is 2.78. The number of ether oxygens (including phenoxy) is 1. The zero-order valence-electron chi connectivity index (χ0n) is 15.2. The largest absolute Gasteiger partial charge is 0.456 e. The predicted octanol–water partition coefficient (Wildman–Crippen LogP) is 0.0261. The van der Waals surface area contributed by atoms with Gasteiger partial charge in [-0.1, -0.05) is 24.4 Å². The van der Waals surface area contributed by atoms with Crippen molar-refractivity contribution in [3.05, 3.63) is 12.7 Å². The highest BCUT2D eigenvalue weighted by molar-refractivity contribution is 8.14. The van der Waals surface area contributed by atoms with Gasteiger partial charge in [0.1, 0.15) is 6.61 Å². The molecule has 0 spiro atoms. The molecule has 0 aromatic heterocycles. The van der Waals surface area contributed by atoms with E-state index >= 15 is 0 Å². The van der Waals surface area contributed by atoms with Crippen LogP contribution >= 0.6 is 11.8 Å². The Morgan fingerprint density at radius 1 is 1.38 bits per heavy atom. The maximum absolute atomic E-state index is 12.8. The highest BCUT2D eigenvalue weighted by Gasteiger charge is 2.39. The number of aliphatic imine (C=N–C) groups is 1. The number of esters is 1. The molecule has 2 aliphatic heterocycles.